The van der Waals surface area contributed by atoms with Crippen LogP contribution in [0.1, 0.15) is 13.8 Å². The predicted octanol–water partition coefficient (Wildman–Crippen LogP) is 2.30. The molecule has 0 radical (unpaired) electrons. The number of allylic oxidation sites excluding steroid dienone is 2. The van der Waals surface area contributed by atoms with Crippen LogP contribution in [0.15, 0.2) is 16.0 Å². The molecular weight excluding hydrogens is 118 g/mol. The van der Waals surface area contributed by atoms with Crippen LogP contribution >= 0.6 is 11.9 Å². The number of nitrogens with zero attached hydrogens (tertiary/aromatic N) is 1. The molecule has 0 amide bonds. The zero-order valence-corrected chi connectivity index (χ0v) is 6.33. The molecule has 0 aromatic heterocycles. The second kappa shape index (κ2) is 4.91. The maximum absolute atomic E-state index is 3.97. The zero-order chi connectivity index (χ0) is 6.41. The minimum atomic E-state index is 1.21. The molecule has 0 spiro atoms. The lowest BCUT2D eigenvalue weighted by atomic mass is 10.3. The highest BCUT2D eigenvalue weighted by Crippen LogP contribution is 1.93. The van der Waals surface area contributed by atoms with Gasteiger partial charge in [-0.3, -0.25) is 0 Å². The summed E-state index contributed by atoms with van der Waals surface area (Å²) in [4.78, 5) is 0. The summed E-state index contributed by atoms with van der Waals surface area (Å²) >= 11 is 1.47. The predicted molar refractivity (Wildman–Crippen MR) is 41.4 cm³/mol. The van der Waals surface area contributed by atoms with Gasteiger partial charge < -0.3 is 0 Å². The summed E-state index contributed by atoms with van der Waals surface area (Å²) in [5.74, 6) is 0. The molecule has 0 heterocycles. The standard InChI is InChI=1S/C6H11NS/c1-4-6(2)5-7-8-3/h4-5H,1-3H3/b6-4-,7-5?. The molecule has 0 unspecified atom stereocenters. The van der Waals surface area contributed by atoms with E-state index in [1.165, 1.54) is 17.5 Å². The monoisotopic (exact) mass is 129 g/mol. The topological polar surface area (TPSA) is 12.4 Å². The van der Waals surface area contributed by atoms with Crippen LogP contribution in [0.5, 0.6) is 0 Å². The zero-order valence-electron chi connectivity index (χ0n) is 5.51. The SMILES string of the molecule is C/C=C(/C)C=NSC. The average molecular weight is 129 g/mol. The molecule has 0 aromatic carbocycles. The van der Waals surface area contributed by atoms with Gasteiger partial charge in [0.05, 0.1) is 0 Å². The average Bonchev–Trinajstić information content (AvgIpc) is 1.83. The Morgan fingerprint density at radius 2 is 2.25 bits per heavy atom. The summed E-state index contributed by atoms with van der Waals surface area (Å²) in [6.45, 7) is 4.03. The molecule has 8 heavy (non-hydrogen) atoms. The summed E-state index contributed by atoms with van der Waals surface area (Å²) in [5, 5.41) is 0. The highest BCUT2D eigenvalue weighted by molar-refractivity contribution is 7.97. The maximum Gasteiger partial charge on any atom is 0.0377 e. The van der Waals surface area contributed by atoms with E-state index < -0.39 is 0 Å². The number of hydrogen-bond donors (Lipinski definition) is 0. The van der Waals surface area contributed by atoms with Crippen molar-refractivity contribution in [1.29, 1.82) is 0 Å². The Balaban J connectivity index is 3.53. The van der Waals surface area contributed by atoms with Gasteiger partial charge in [0.25, 0.3) is 0 Å². The van der Waals surface area contributed by atoms with Crippen molar-refractivity contribution in [3.05, 3.63) is 11.6 Å². The summed E-state index contributed by atoms with van der Waals surface area (Å²) < 4.78 is 3.97. The van der Waals surface area contributed by atoms with Gasteiger partial charge in [0.2, 0.25) is 0 Å². The minimum Gasteiger partial charge on any atom is -0.225 e. The molecule has 46 valence electrons. The minimum absolute atomic E-state index is 1.21. The van der Waals surface area contributed by atoms with Crippen molar-refractivity contribution in [2.24, 2.45) is 4.40 Å². The molecule has 0 N–H and O–H groups in total. The molecule has 0 saturated carbocycles. The Morgan fingerprint density at radius 1 is 1.62 bits per heavy atom. The molecule has 0 bridgehead atoms. The van der Waals surface area contributed by atoms with Crippen molar-refractivity contribution in [3.8, 4) is 0 Å². The first-order chi connectivity index (χ1) is 3.81. The summed E-state index contributed by atoms with van der Waals surface area (Å²) in [6, 6.07) is 0. The van der Waals surface area contributed by atoms with Crippen LogP contribution in [-0.2, 0) is 0 Å². The van der Waals surface area contributed by atoms with E-state index in [4.69, 9.17) is 0 Å². The molecule has 0 saturated heterocycles. The summed E-state index contributed by atoms with van der Waals surface area (Å²) in [7, 11) is 0. The van der Waals surface area contributed by atoms with Gasteiger partial charge >= 0.3 is 0 Å². The first-order valence-electron chi connectivity index (χ1n) is 2.50. The second-order valence-corrected chi connectivity index (χ2v) is 2.03. The normalized spacial score (nSPS) is 13.1. The maximum atomic E-state index is 3.97. The Morgan fingerprint density at radius 3 is 2.62 bits per heavy atom. The highest BCUT2D eigenvalue weighted by Gasteiger charge is 1.74. The highest BCUT2D eigenvalue weighted by atomic mass is 32.2. The largest absolute Gasteiger partial charge is 0.225 e. The molecule has 1 nitrogen and oxygen atoms in total. The quantitative estimate of drug-likeness (QED) is 0.411. The summed E-state index contributed by atoms with van der Waals surface area (Å²) in [5.41, 5.74) is 1.21. The van der Waals surface area contributed by atoms with Crippen molar-refractivity contribution in [1.82, 2.24) is 0 Å². The number of hydrogen-bond acceptors (Lipinski definition) is 2. The molecule has 0 aliphatic carbocycles. The molecule has 2 heteroatoms. The van der Waals surface area contributed by atoms with Crippen LogP contribution in [0.3, 0.4) is 0 Å². The first-order valence-corrected chi connectivity index (χ1v) is 3.69. The van der Waals surface area contributed by atoms with Gasteiger partial charge in [-0.25, -0.2) is 4.40 Å². The third kappa shape index (κ3) is 3.93. The van der Waals surface area contributed by atoms with Crippen molar-refractivity contribution in [2.45, 2.75) is 13.8 Å². The van der Waals surface area contributed by atoms with E-state index in [9.17, 15) is 0 Å². The molecule has 0 rings (SSSR count). The lowest BCUT2D eigenvalue weighted by molar-refractivity contribution is 1.55. The van der Waals surface area contributed by atoms with E-state index in [1.807, 2.05) is 32.4 Å². The molecule has 0 aliphatic rings. The van der Waals surface area contributed by atoms with E-state index in [-0.39, 0.29) is 0 Å². The van der Waals surface area contributed by atoms with Crippen LogP contribution in [-0.4, -0.2) is 12.5 Å². The second-order valence-electron chi connectivity index (χ2n) is 1.45. The van der Waals surface area contributed by atoms with Crippen LogP contribution < -0.4 is 0 Å². The van der Waals surface area contributed by atoms with E-state index in [2.05, 4.69) is 4.40 Å². The third-order valence-electron chi connectivity index (χ3n) is 0.817. The van der Waals surface area contributed by atoms with Gasteiger partial charge in [-0.15, -0.1) is 0 Å². The van der Waals surface area contributed by atoms with E-state index in [0.717, 1.165) is 0 Å². The van der Waals surface area contributed by atoms with Gasteiger partial charge in [0.1, 0.15) is 0 Å². The van der Waals surface area contributed by atoms with E-state index in [0.29, 0.717) is 0 Å². The van der Waals surface area contributed by atoms with Crippen molar-refractivity contribution < 1.29 is 0 Å². The lowest BCUT2D eigenvalue weighted by Gasteiger charge is -1.83. The fourth-order valence-corrected chi connectivity index (χ4v) is 0.482. The number of rotatable bonds is 2. The Bertz CT molecular complexity index is 105. The van der Waals surface area contributed by atoms with Crippen LogP contribution in [0.2, 0.25) is 0 Å². The fourth-order valence-electron chi connectivity index (χ4n) is 0.210. The molecular formula is C6H11NS. The Labute approximate surface area is 55.0 Å². The van der Waals surface area contributed by atoms with E-state index >= 15 is 0 Å². The van der Waals surface area contributed by atoms with Gasteiger partial charge in [-0.05, 0) is 31.4 Å². The van der Waals surface area contributed by atoms with Gasteiger partial charge in [-0.1, -0.05) is 6.08 Å². The van der Waals surface area contributed by atoms with Crippen molar-refractivity contribution in [2.75, 3.05) is 6.26 Å². The van der Waals surface area contributed by atoms with Gasteiger partial charge in [0, 0.05) is 12.5 Å². The fraction of sp³-hybridized carbons (Fsp3) is 0.500. The van der Waals surface area contributed by atoms with Crippen molar-refractivity contribution in [3.63, 3.8) is 0 Å². The van der Waals surface area contributed by atoms with Crippen LogP contribution in [0, 0.1) is 0 Å². The molecule has 0 aliphatic heterocycles. The van der Waals surface area contributed by atoms with E-state index in [1.54, 1.807) is 0 Å². The lowest BCUT2D eigenvalue weighted by Crippen LogP contribution is -1.71. The van der Waals surface area contributed by atoms with Gasteiger partial charge in [0.15, 0.2) is 0 Å². The first kappa shape index (κ1) is 7.76. The summed E-state index contributed by atoms with van der Waals surface area (Å²) in [6.07, 6.45) is 5.82. The molecule has 0 atom stereocenters. The Hall–Kier alpha value is -0.240. The van der Waals surface area contributed by atoms with Crippen LogP contribution in [0.25, 0.3) is 0 Å². The van der Waals surface area contributed by atoms with Gasteiger partial charge in [-0.2, -0.15) is 0 Å². The van der Waals surface area contributed by atoms with Crippen molar-refractivity contribution >= 4 is 18.2 Å². The Kier molecular flexibility index (Phi) is 4.76. The molecule has 0 aromatic rings. The smallest absolute Gasteiger partial charge is 0.0377 e. The van der Waals surface area contributed by atoms with Crippen LogP contribution in [0.4, 0.5) is 0 Å². The third-order valence-corrected chi connectivity index (χ3v) is 1.13. The molecule has 0 fully saturated rings.